The van der Waals surface area contributed by atoms with Crippen LogP contribution in [0.4, 0.5) is 0 Å². The lowest BCUT2D eigenvalue weighted by atomic mass is 9.99. The minimum absolute atomic E-state index is 0.0909. The molecule has 2 N–H and O–H groups in total. The highest BCUT2D eigenvalue weighted by atomic mass is 16.4. The number of nitrogens with zero attached hydrogens (tertiary/aromatic N) is 1. The third-order valence-corrected chi connectivity index (χ3v) is 3.74. The maximum Gasteiger partial charge on any atom is 0.339 e. The largest absolute Gasteiger partial charge is 0.507 e. The Labute approximate surface area is 114 Å². The summed E-state index contributed by atoms with van der Waals surface area (Å²) in [6.07, 6.45) is 1.62. The molecule has 102 valence electrons. The first-order valence-electron chi connectivity index (χ1n) is 6.27. The fraction of sp³-hybridized carbons (Fsp3) is 0.200. The quantitative estimate of drug-likeness (QED) is 0.666. The number of aromatic amines is 1. The van der Waals surface area contributed by atoms with E-state index in [0.717, 1.165) is 16.6 Å². The normalized spacial score (nSPS) is 11.2. The summed E-state index contributed by atoms with van der Waals surface area (Å²) in [6.45, 7) is 5.34. The van der Waals surface area contributed by atoms with Gasteiger partial charge in [0.25, 0.3) is 0 Å². The van der Waals surface area contributed by atoms with Crippen LogP contribution in [0.3, 0.4) is 0 Å². The van der Waals surface area contributed by atoms with Crippen LogP contribution in [0.5, 0.6) is 5.75 Å². The van der Waals surface area contributed by atoms with Crippen molar-refractivity contribution in [3.8, 4) is 17.0 Å². The van der Waals surface area contributed by atoms with E-state index in [1.807, 2.05) is 13.0 Å². The molecule has 20 heavy (non-hydrogen) atoms. The Morgan fingerprint density at radius 3 is 2.60 bits per heavy atom. The van der Waals surface area contributed by atoms with Crippen LogP contribution >= 0.6 is 0 Å². The van der Waals surface area contributed by atoms with Crippen molar-refractivity contribution in [1.82, 2.24) is 10.2 Å². The van der Waals surface area contributed by atoms with Crippen LogP contribution in [-0.4, -0.2) is 15.3 Å². The lowest BCUT2D eigenvalue weighted by molar-refractivity contribution is 0.469. The molecule has 0 aliphatic carbocycles. The lowest BCUT2D eigenvalue weighted by Gasteiger charge is -2.11. The number of aryl methyl sites for hydroxylation is 2. The molecule has 1 aromatic carbocycles. The van der Waals surface area contributed by atoms with Crippen LogP contribution in [-0.2, 0) is 0 Å². The maximum absolute atomic E-state index is 11.8. The Morgan fingerprint density at radius 2 is 1.95 bits per heavy atom. The van der Waals surface area contributed by atoms with Gasteiger partial charge in [-0.2, -0.15) is 5.10 Å². The van der Waals surface area contributed by atoms with Crippen LogP contribution in [0.15, 0.2) is 27.5 Å². The molecular weight excluding hydrogens is 256 g/mol. The van der Waals surface area contributed by atoms with Crippen molar-refractivity contribution in [3.63, 3.8) is 0 Å². The second kappa shape index (κ2) is 4.23. The van der Waals surface area contributed by atoms with Crippen LogP contribution in [0.2, 0.25) is 0 Å². The van der Waals surface area contributed by atoms with Crippen molar-refractivity contribution in [3.05, 3.63) is 45.4 Å². The van der Waals surface area contributed by atoms with Crippen LogP contribution in [0.1, 0.15) is 16.7 Å². The fourth-order valence-corrected chi connectivity index (χ4v) is 2.34. The van der Waals surface area contributed by atoms with Gasteiger partial charge in [-0.3, -0.25) is 5.10 Å². The summed E-state index contributed by atoms with van der Waals surface area (Å²) >= 11 is 0. The van der Waals surface area contributed by atoms with Gasteiger partial charge in [-0.15, -0.1) is 0 Å². The standard InChI is InChI=1S/C15H14N2O3/c1-7-8(2)15(19)20-14-9(3)13(18)11(6-10(7)14)12-4-5-16-17-12/h4-6,18H,1-3H3,(H,16,17). The van der Waals surface area contributed by atoms with Gasteiger partial charge in [0.1, 0.15) is 11.3 Å². The van der Waals surface area contributed by atoms with Crippen LogP contribution < -0.4 is 5.63 Å². The number of benzene rings is 1. The second-order valence-corrected chi connectivity index (χ2v) is 4.88. The molecule has 3 aromatic rings. The zero-order valence-corrected chi connectivity index (χ0v) is 11.4. The van der Waals surface area contributed by atoms with E-state index in [-0.39, 0.29) is 11.4 Å². The van der Waals surface area contributed by atoms with Gasteiger partial charge in [0, 0.05) is 28.3 Å². The van der Waals surface area contributed by atoms with Gasteiger partial charge >= 0.3 is 5.63 Å². The first-order valence-corrected chi connectivity index (χ1v) is 6.27. The second-order valence-electron chi connectivity index (χ2n) is 4.88. The van der Waals surface area contributed by atoms with Gasteiger partial charge in [0.2, 0.25) is 0 Å². The number of phenolic OH excluding ortho intramolecular Hbond substituents is 1. The number of phenols is 1. The molecule has 0 aliphatic rings. The molecule has 0 unspecified atom stereocenters. The van der Waals surface area contributed by atoms with Crippen LogP contribution in [0.25, 0.3) is 22.2 Å². The zero-order chi connectivity index (χ0) is 14.4. The molecule has 2 heterocycles. The van der Waals surface area contributed by atoms with Gasteiger partial charge in [0.15, 0.2) is 0 Å². The fourth-order valence-electron chi connectivity index (χ4n) is 2.34. The molecule has 2 aromatic heterocycles. The van der Waals surface area contributed by atoms with E-state index in [1.165, 1.54) is 0 Å². The third-order valence-electron chi connectivity index (χ3n) is 3.74. The Morgan fingerprint density at radius 1 is 1.20 bits per heavy atom. The zero-order valence-electron chi connectivity index (χ0n) is 11.4. The molecule has 0 saturated carbocycles. The molecular formula is C15H14N2O3. The molecule has 0 aliphatic heterocycles. The molecule has 0 bridgehead atoms. The van der Waals surface area contributed by atoms with Gasteiger partial charge in [0.05, 0.1) is 5.69 Å². The van der Waals surface area contributed by atoms with E-state index in [4.69, 9.17) is 4.42 Å². The van der Waals surface area contributed by atoms with Gasteiger partial charge in [-0.25, -0.2) is 4.79 Å². The Bertz CT molecular complexity index is 861. The minimum atomic E-state index is -0.369. The van der Waals surface area contributed by atoms with Crippen molar-refractivity contribution < 1.29 is 9.52 Å². The predicted molar refractivity (Wildman–Crippen MR) is 75.9 cm³/mol. The number of H-pyrrole nitrogens is 1. The van der Waals surface area contributed by atoms with Gasteiger partial charge in [-0.1, -0.05) is 0 Å². The van der Waals surface area contributed by atoms with Crippen molar-refractivity contribution in [2.24, 2.45) is 0 Å². The first kappa shape index (κ1) is 12.5. The number of fused-ring (bicyclic) bond motifs is 1. The lowest BCUT2D eigenvalue weighted by Crippen LogP contribution is -2.06. The summed E-state index contributed by atoms with van der Waals surface area (Å²) in [7, 11) is 0. The summed E-state index contributed by atoms with van der Waals surface area (Å²) in [5.41, 5.74) is 3.41. The van der Waals surface area contributed by atoms with Crippen LogP contribution in [0, 0.1) is 20.8 Å². The minimum Gasteiger partial charge on any atom is -0.507 e. The highest BCUT2D eigenvalue weighted by molar-refractivity contribution is 5.91. The van der Waals surface area contributed by atoms with E-state index < -0.39 is 0 Å². The van der Waals surface area contributed by atoms with E-state index in [0.29, 0.717) is 22.3 Å². The van der Waals surface area contributed by atoms with Crippen molar-refractivity contribution in [2.45, 2.75) is 20.8 Å². The first-order chi connectivity index (χ1) is 9.50. The average Bonchev–Trinajstić information content (AvgIpc) is 2.95. The Balaban J connectivity index is 2.48. The van der Waals surface area contributed by atoms with E-state index in [9.17, 15) is 9.90 Å². The molecule has 0 fully saturated rings. The topological polar surface area (TPSA) is 79.1 Å². The predicted octanol–water partition coefficient (Wildman–Crippen LogP) is 2.81. The van der Waals surface area contributed by atoms with Gasteiger partial charge in [-0.05, 0) is 38.5 Å². The van der Waals surface area contributed by atoms with Crippen molar-refractivity contribution >= 4 is 11.0 Å². The highest BCUT2D eigenvalue weighted by Gasteiger charge is 2.17. The number of nitrogens with one attached hydrogen (secondary N) is 1. The summed E-state index contributed by atoms with van der Waals surface area (Å²) in [4.78, 5) is 11.8. The Hall–Kier alpha value is -2.56. The summed E-state index contributed by atoms with van der Waals surface area (Å²) in [6, 6.07) is 3.60. The van der Waals surface area contributed by atoms with Crippen molar-refractivity contribution in [2.75, 3.05) is 0 Å². The highest BCUT2D eigenvalue weighted by Crippen LogP contribution is 2.37. The van der Waals surface area contributed by atoms with E-state index >= 15 is 0 Å². The van der Waals surface area contributed by atoms with Crippen molar-refractivity contribution in [1.29, 1.82) is 0 Å². The monoisotopic (exact) mass is 270 g/mol. The summed E-state index contributed by atoms with van der Waals surface area (Å²) in [5, 5.41) is 17.9. The molecule has 0 amide bonds. The molecule has 0 spiro atoms. The smallest absolute Gasteiger partial charge is 0.339 e. The van der Waals surface area contributed by atoms with E-state index in [1.54, 1.807) is 26.1 Å². The maximum atomic E-state index is 11.8. The summed E-state index contributed by atoms with van der Waals surface area (Å²) in [5.74, 6) is 0.0909. The van der Waals surface area contributed by atoms with Gasteiger partial charge < -0.3 is 9.52 Å². The number of aromatic nitrogens is 2. The Kier molecular flexibility index (Phi) is 2.64. The number of hydrogen-bond donors (Lipinski definition) is 2. The molecule has 3 rings (SSSR count). The summed E-state index contributed by atoms with van der Waals surface area (Å²) < 4.78 is 5.32. The number of hydrogen-bond acceptors (Lipinski definition) is 4. The SMILES string of the molecule is Cc1c(C)c2cc(-c3ccn[nH]3)c(O)c(C)c2oc1=O. The third kappa shape index (κ3) is 1.63. The molecule has 5 nitrogen and oxygen atoms in total. The molecule has 0 atom stereocenters. The number of aromatic hydroxyl groups is 1. The number of rotatable bonds is 1. The molecule has 5 heteroatoms. The molecule has 0 saturated heterocycles. The van der Waals surface area contributed by atoms with E-state index in [2.05, 4.69) is 10.2 Å². The average molecular weight is 270 g/mol. The molecule has 0 radical (unpaired) electrons.